The van der Waals surface area contributed by atoms with E-state index in [1.165, 1.54) is 0 Å². The molecule has 0 aromatic heterocycles. The predicted octanol–water partition coefficient (Wildman–Crippen LogP) is 0.920. The Kier molecular flexibility index (Phi) is 2.29. The minimum atomic E-state index is 0.0497. The van der Waals surface area contributed by atoms with Gasteiger partial charge in [0, 0.05) is 6.54 Å². The first-order chi connectivity index (χ1) is 7.86. The summed E-state index contributed by atoms with van der Waals surface area (Å²) in [5.41, 5.74) is 0.659. The molecule has 2 aliphatic heterocycles. The van der Waals surface area contributed by atoms with Crippen molar-refractivity contribution in [1.82, 2.24) is 4.90 Å². The quantitative estimate of drug-likeness (QED) is 0.651. The molecule has 16 heavy (non-hydrogen) atoms. The van der Waals surface area contributed by atoms with Crippen LogP contribution >= 0.6 is 0 Å². The zero-order chi connectivity index (χ0) is 11.0. The zero-order valence-electron chi connectivity index (χ0n) is 8.89. The second-order valence-electron chi connectivity index (χ2n) is 4.03. The number of hydrogen-bond acceptors (Lipinski definition) is 3. The summed E-state index contributed by atoms with van der Waals surface area (Å²) in [7, 11) is 0. The number of morpholine rings is 1. The zero-order valence-corrected chi connectivity index (χ0v) is 8.89. The molecule has 2 aliphatic rings. The molecule has 1 amide bonds. The number of ether oxygens (including phenoxy) is 2. The minimum absolute atomic E-state index is 0.0497. The Morgan fingerprint density at radius 2 is 2.12 bits per heavy atom. The number of carbonyl (C=O) groups excluding carboxylic acids is 1. The van der Waals surface area contributed by atoms with Crippen molar-refractivity contribution in [3.05, 3.63) is 29.8 Å². The number of rotatable bonds is 0. The molecule has 0 spiro atoms. The van der Waals surface area contributed by atoms with E-state index in [0.29, 0.717) is 37.7 Å². The van der Waals surface area contributed by atoms with Crippen LogP contribution in [0.25, 0.3) is 0 Å². The standard InChI is InChI=1S/C12H13NO3/c14-12-10-3-1-2-4-11(10)16-8-9-7-15-6-5-13(9)12/h1-4,9H,5-8H2. The lowest BCUT2D eigenvalue weighted by molar-refractivity contribution is -0.0109. The summed E-state index contributed by atoms with van der Waals surface area (Å²) in [5.74, 6) is 0.739. The highest BCUT2D eigenvalue weighted by Crippen LogP contribution is 2.25. The molecule has 84 valence electrons. The number of para-hydroxylation sites is 1. The third-order valence-electron chi connectivity index (χ3n) is 3.04. The summed E-state index contributed by atoms with van der Waals surface area (Å²) < 4.78 is 11.0. The molecular weight excluding hydrogens is 206 g/mol. The van der Waals surface area contributed by atoms with Crippen molar-refractivity contribution < 1.29 is 14.3 Å². The number of nitrogens with zero attached hydrogens (tertiary/aromatic N) is 1. The Morgan fingerprint density at radius 3 is 3.06 bits per heavy atom. The van der Waals surface area contributed by atoms with E-state index in [0.717, 1.165) is 0 Å². The molecule has 0 aliphatic carbocycles. The van der Waals surface area contributed by atoms with Gasteiger partial charge >= 0.3 is 0 Å². The average Bonchev–Trinajstić information content (AvgIpc) is 2.49. The second-order valence-corrected chi connectivity index (χ2v) is 4.03. The molecule has 4 heteroatoms. The topological polar surface area (TPSA) is 38.8 Å². The smallest absolute Gasteiger partial charge is 0.258 e. The molecule has 1 fully saturated rings. The van der Waals surface area contributed by atoms with Crippen molar-refractivity contribution in [2.45, 2.75) is 6.04 Å². The molecule has 3 rings (SSSR count). The van der Waals surface area contributed by atoms with Gasteiger partial charge in [-0.2, -0.15) is 0 Å². The maximum atomic E-state index is 12.3. The number of fused-ring (bicyclic) bond motifs is 2. The van der Waals surface area contributed by atoms with Crippen LogP contribution in [0.3, 0.4) is 0 Å². The third-order valence-corrected chi connectivity index (χ3v) is 3.04. The van der Waals surface area contributed by atoms with Crippen LogP contribution in [0.4, 0.5) is 0 Å². The van der Waals surface area contributed by atoms with Crippen molar-refractivity contribution in [2.75, 3.05) is 26.4 Å². The van der Waals surface area contributed by atoms with E-state index < -0.39 is 0 Å². The van der Waals surface area contributed by atoms with Crippen LogP contribution in [0, 0.1) is 0 Å². The van der Waals surface area contributed by atoms with E-state index in [-0.39, 0.29) is 11.9 Å². The Morgan fingerprint density at radius 1 is 1.25 bits per heavy atom. The first-order valence-electron chi connectivity index (χ1n) is 5.47. The van der Waals surface area contributed by atoms with Gasteiger partial charge in [0.05, 0.1) is 24.8 Å². The maximum absolute atomic E-state index is 12.3. The molecule has 2 heterocycles. The third kappa shape index (κ3) is 1.46. The maximum Gasteiger partial charge on any atom is 0.258 e. The lowest BCUT2D eigenvalue weighted by Crippen LogP contribution is -2.50. The summed E-state index contributed by atoms with van der Waals surface area (Å²) in [6.45, 7) is 2.36. The Hall–Kier alpha value is -1.55. The van der Waals surface area contributed by atoms with E-state index >= 15 is 0 Å². The van der Waals surface area contributed by atoms with Gasteiger partial charge in [-0.15, -0.1) is 0 Å². The predicted molar refractivity (Wildman–Crippen MR) is 57.6 cm³/mol. The Labute approximate surface area is 93.8 Å². The van der Waals surface area contributed by atoms with Crippen LogP contribution in [0.15, 0.2) is 24.3 Å². The van der Waals surface area contributed by atoms with Crippen molar-refractivity contribution in [1.29, 1.82) is 0 Å². The fourth-order valence-corrected chi connectivity index (χ4v) is 2.17. The fourth-order valence-electron chi connectivity index (χ4n) is 2.17. The van der Waals surface area contributed by atoms with Crippen LogP contribution in [0.5, 0.6) is 5.75 Å². The molecule has 0 N–H and O–H groups in total. The van der Waals surface area contributed by atoms with Crippen molar-refractivity contribution >= 4 is 5.91 Å². The molecule has 0 saturated carbocycles. The van der Waals surface area contributed by atoms with Gasteiger partial charge < -0.3 is 14.4 Å². The molecule has 1 atom stereocenters. The number of benzene rings is 1. The fraction of sp³-hybridized carbons (Fsp3) is 0.417. The van der Waals surface area contributed by atoms with Gasteiger partial charge in [0.25, 0.3) is 5.91 Å². The molecule has 1 unspecified atom stereocenters. The van der Waals surface area contributed by atoms with Crippen LogP contribution in [-0.4, -0.2) is 43.2 Å². The van der Waals surface area contributed by atoms with E-state index in [2.05, 4.69) is 0 Å². The molecule has 1 aromatic rings. The summed E-state index contributed by atoms with van der Waals surface area (Å²) in [6.07, 6.45) is 0. The highest BCUT2D eigenvalue weighted by atomic mass is 16.5. The van der Waals surface area contributed by atoms with Gasteiger partial charge in [0.15, 0.2) is 0 Å². The van der Waals surface area contributed by atoms with Gasteiger partial charge in [0.1, 0.15) is 12.4 Å². The first-order valence-corrected chi connectivity index (χ1v) is 5.47. The molecule has 1 aromatic carbocycles. The largest absolute Gasteiger partial charge is 0.491 e. The van der Waals surface area contributed by atoms with Gasteiger partial charge in [0.2, 0.25) is 0 Å². The van der Waals surface area contributed by atoms with Crippen molar-refractivity contribution in [3.63, 3.8) is 0 Å². The van der Waals surface area contributed by atoms with Gasteiger partial charge in [-0.1, -0.05) is 12.1 Å². The highest BCUT2D eigenvalue weighted by Gasteiger charge is 2.32. The monoisotopic (exact) mass is 219 g/mol. The van der Waals surface area contributed by atoms with Crippen LogP contribution in [-0.2, 0) is 4.74 Å². The van der Waals surface area contributed by atoms with Crippen LogP contribution < -0.4 is 4.74 Å². The van der Waals surface area contributed by atoms with Crippen LogP contribution in [0.2, 0.25) is 0 Å². The van der Waals surface area contributed by atoms with Gasteiger partial charge in [-0.25, -0.2) is 0 Å². The van der Waals surface area contributed by atoms with Gasteiger partial charge in [-0.05, 0) is 12.1 Å². The minimum Gasteiger partial charge on any atom is -0.491 e. The van der Waals surface area contributed by atoms with E-state index in [1.807, 2.05) is 29.2 Å². The van der Waals surface area contributed by atoms with Gasteiger partial charge in [-0.3, -0.25) is 4.79 Å². The molecule has 0 radical (unpaired) electrons. The lowest BCUT2D eigenvalue weighted by Gasteiger charge is -2.33. The molecule has 1 saturated heterocycles. The van der Waals surface area contributed by atoms with Crippen molar-refractivity contribution in [2.24, 2.45) is 0 Å². The average molecular weight is 219 g/mol. The molecule has 0 bridgehead atoms. The lowest BCUT2D eigenvalue weighted by atomic mass is 10.1. The van der Waals surface area contributed by atoms with E-state index in [1.54, 1.807) is 0 Å². The first kappa shape index (κ1) is 9.66. The normalized spacial score (nSPS) is 24.1. The number of carbonyl (C=O) groups is 1. The van der Waals surface area contributed by atoms with E-state index in [9.17, 15) is 4.79 Å². The number of amides is 1. The summed E-state index contributed by atoms with van der Waals surface area (Å²) in [5, 5.41) is 0. The Balaban J connectivity index is 1.99. The molecular formula is C12H13NO3. The summed E-state index contributed by atoms with van der Waals surface area (Å²) in [6, 6.07) is 7.45. The SMILES string of the molecule is O=C1c2ccccc2OCC2COCCN12. The van der Waals surface area contributed by atoms with Crippen molar-refractivity contribution in [3.8, 4) is 5.75 Å². The van der Waals surface area contributed by atoms with E-state index in [4.69, 9.17) is 9.47 Å². The van der Waals surface area contributed by atoms with Crippen LogP contribution in [0.1, 0.15) is 10.4 Å². The summed E-state index contributed by atoms with van der Waals surface area (Å²) >= 11 is 0. The molecule has 4 nitrogen and oxygen atoms in total. The summed E-state index contributed by atoms with van der Waals surface area (Å²) in [4.78, 5) is 14.1. The number of hydrogen-bond donors (Lipinski definition) is 0. The second kappa shape index (κ2) is 3.79. The Bertz CT molecular complexity index is 418. The highest BCUT2D eigenvalue weighted by molar-refractivity contribution is 5.97.